The fourth-order valence-corrected chi connectivity index (χ4v) is 3.37. The maximum Gasteiger partial charge on any atom is 0.0497 e. The van der Waals surface area contributed by atoms with Gasteiger partial charge < -0.3 is 9.64 Å². The van der Waals surface area contributed by atoms with Gasteiger partial charge in [-0.05, 0) is 43.6 Å². The van der Waals surface area contributed by atoms with Gasteiger partial charge in [-0.2, -0.15) is 0 Å². The van der Waals surface area contributed by atoms with E-state index in [-0.39, 0.29) is 0 Å². The lowest BCUT2D eigenvalue weighted by Gasteiger charge is -2.32. The molecule has 3 atom stereocenters. The number of hydrogen-bond donors (Lipinski definition) is 0. The highest BCUT2D eigenvalue weighted by Gasteiger charge is 2.38. The molecule has 15 heavy (non-hydrogen) atoms. The van der Waals surface area contributed by atoms with Crippen LogP contribution in [0.4, 0.5) is 0 Å². The highest BCUT2D eigenvalue weighted by atomic mass is 16.5. The summed E-state index contributed by atoms with van der Waals surface area (Å²) in [6.45, 7) is 9.34. The molecule has 2 heteroatoms. The van der Waals surface area contributed by atoms with Crippen LogP contribution in [0, 0.1) is 23.7 Å². The summed E-state index contributed by atoms with van der Waals surface area (Å²) in [5.74, 6) is 3.43. The molecule has 2 aliphatic rings. The first-order chi connectivity index (χ1) is 7.18. The molecular weight excluding hydrogens is 186 g/mol. The van der Waals surface area contributed by atoms with Crippen LogP contribution in [0.15, 0.2) is 0 Å². The van der Waals surface area contributed by atoms with Crippen LogP contribution in [0.2, 0.25) is 0 Å². The van der Waals surface area contributed by atoms with Crippen LogP contribution in [-0.4, -0.2) is 38.3 Å². The highest BCUT2D eigenvalue weighted by molar-refractivity contribution is 4.89. The minimum Gasteiger partial charge on any atom is -0.381 e. The van der Waals surface area contributed by atoms with Crippen LogP contribution in [0.1, 0.15) is 26.7 Å². The molecule has 0 bridgehead atoms. The van der Waals surface area contributed by atoms with Gasteiger partial charge in [0.1, 0.15) is 0 Å². The lowest BCUT2D eigenvalue weighted by molar-refractivity contribution is 0.0204. The molecule has 0 aromatic carbocycles. The zero-order chi connectivity index (χ0) is 10.8. The Kier molecular flexibility index (Phi) is 3.68. The van der Waals surface area contributed by atoms with Crippen LogP contribution in [0.5, 0.6) is 0 Å². The van der Waals surface area contributed by atoms with Crippen molar-refractivity contribution in [3.8, 4) is 0 Å². The van der Waals surface area contributed by atoms with E-state index in [9.17, 15) is 0 Å². The van der Waals surface area contributed by atoms with Crippen molar-refractivity contribution in [2.75, 3.05) is 33.4 Å². The van der Waals surface area contributed by atoms with Crippen molar-refractivity contribution in [1.82, 2.24) is 4.90 Å². The van der Waals surface area contributed by atoms with Crippen LogP contribution in [-0.2, 0) is 4.74 Å². The third-order valence-electron chi connectivity index (χ3n) is 4.25. The second-order valence-electron chi connectivity index (χ2n) is 5.77. The second-order valence-corrected chi connectivity index (χ2v) is 5.77. The summed E-state index contributed by atoms with van der Waals surface area (Å²) in [6.07, 6.45) is 2.66. The zero-order valence-electron chi connectivity index (χ0n) is 10.4. The van der Waals surface area contributed by atoms with Crippen molar-refractivity contribution >= 4 is 0 Å². The molecule has 2 heterocycles. The Bertz CT molecular complexity index is 199. The number of likely N-dealkylation sites (tertiary alicyclic amines) is 1. The Labute approximate surface area is 94.0 Å². The Morgan fingerprint density at radius 2 is 2.07 bits per heavy atom. The summed E-state index contributed by atoms with van der Waals surface area (Å²) in [4.78, 5) is 2.50. The molecule has 0 N–H and O–H groups in total. The standard InChI is InChI=1S/C13H25NO/c1-10(2)12-7-14(3)8-13(12)11-5-4-6-15-9-11/h10-13H,4-9H2,1-3H3. The summed E-state index contributed by atoms with van der Waals surface area (Å²) in [5.41, 5.74) is 0. The molecule has 0 saturated carbocycles. The molecule has 0 radical (unpaired) electrons. The van der Waals surface area contributed by atoms with E-state index in [2.05, 4.69) is 25.8 Å². The summed E-state index contributed by atoms with van der Waals surface area (Å²) in [7, 11) is 2.26. The van der Waals surface area contributed by atoms with E-state index < -0.39 is 0 Å². The smallest absolute Gasteiger partial charge is 0.0497 e. The first kappa shape index (κ1) is 11.4. The van der Waals surface area contributed by atoms with Crippen LogP contribution < -0.4 is 0 Å². The van der Waals surface area contributed by atoms with Gasteiger partial charge in [0.2, 0.25) is 0 Å². The zero-order valence-corrected chi connectivity index (χ0v) is 10.4. The average molecular weight is 211 g/mol. The average Bonchev–Trinajstić information content (AvgIpc) is 2.62. The van der Waals surface area contributed by atoms with E-state index in [0.717, 1.165) is 36.9 Å². The molecule has 2 saturated heterocycles. The minimum absolute atomic E-state index is 0.821. The molecule has 2 fully saturated rings. The quantitative estimate of drug-likeness (QED) is 0.694. The van der Waals surface area contributed by atoms with Crippen molar-refractivity contribution < 1.29 is 4.74 Å². The fourth-order valence-electron chi connectivity index (χ4n) is 3.37. The van der Waals surface area contributed by atoms with Gasteiger partial charge >= 0.3 is 0 Å². The van der Waals surface area contributed by atoms with Crippen LogP contribution in [0.25, 0.3) is 0 Å². The van der Waals surface area contributed by atoms with E-state index >= 15 is 0 Å². The van der Waals surface area contributed by atoms with Gasteiger partial charge in [-0.25, -0.2) is 0 Å². The third-order valence-corrected chi connectivity index (χ3v) is 4.25. The molecule has 0 amide bonds. The highest BCUT2D eigenvalue weighted by Crippen LogP contribution is 2.37. The first-order valence-electron chi connectivity index (χ1n) is 6.44. The maximum absolute atomic E-state index is 5.64. The van der Waals surface area contributed by atoms with Crippen LogP contribution in [0.3, 0.4) is 0 Å². The lowest BCUT2D eigenvalue weighted by atomic mass is 9.76. The number of ether oxygens (including phenoxy) is 1. The van der Waals surface area contributed by atoms with Gasteiger partial charge in [0.25, 0.3) is 0 Å². The number of nitrogens with zero attached hydrogens (tertiary/aromatic N) is 1. The molecule has 0 aliphatic carbocycles. The van der Waals surface area contributed by atoms with Crippen molar-refractivity contribution in [1.29, 1.82) is 0 Å². The van der Waals surface area contributed by atoms with Gasteiger partial charge in [-0.3, -0.25) is 0 Å². The van der Waals surface area contributed by atoms with Gasteiger partial charge in [0.05, 0.1) is 0 Å². The van der Waals surface area contributed by atoms with Gasteiger partial charge in [0, 0.05) is 26.3 Å². The molecule has 0 aromatic heterocycles. The molecule has 88 valence electrons. The first-order valence-corrected chi connectivity index (χ1v) is 6.44. The second kappa shape index (κ2) is 4.84. The largest absolute Gasteiger partial charge is 0.381 e. The lowest BCUT2D eigenvalue weighted by Crippen LogP contribution is -2.31. The van der Waals surface area contributed by atoms with Crippen molar-refractivity contribution in [2.45, 2.75) is 26.7 Å². The summed E-state index contributed by atoms with van der Waals surface area (Å²) in [6, 6.07) is 0. The van der Waals surface area contributed by atoms with E-state index in [1.165, 1.54) is 25.9 Å². The predicted molar refractivity (Wildman–Crippen MR) is 62.9 cm³/mol. The molecule has 0 aromatic rings. The Balaban J connectivity index is 1.98. The number of hydrogen-bond acceptors (Lipinski definition) is 2. The SMILES string of the molecule is CC(C)C1CN(C)CC1C1CCCOC1. The van der Waals surface area contributed by atoms with E-state index in [1.54, 1.807) is 0 Å². The monoisotopic (exact) mass is 211 g/mol. The molecule has 0 spiro atoms. The fraction of sp³-hybridized carbons (Fsp3) is 1.00. The van der Waals surface area contributed by atoms with Gasteiger partial charge in [-0.15, -0.1) is 0 Å². The topological polar surface area (TPSA) is 12.5 Å². The normalized spacial score (nSPS) is 38.8. The van der Waals surface area contributed by atoms with Gasteiger partial charge in [0.15, 0.2) is 0 Å². The Morgan fingerprint density at radius 1 is 1.27 bits per heavy atom. The van der Waals surface area contributed by atoms with E-state index in [0.29, 0.717) is 0 Å². The van der Waals surface area contributed by atoms with E-state index in [4.69, 9.17) is 4.74 Å². The Hall–Kier alpha value is -0.0800. The maximum atomic E-state index is 5.64. The number of rotatable bonds is 2. The van der Waals surface area contributed by atoms with E-state index in [1.807, 2.05) is 0 Å². The van der Waals surface area contributed by atoms with Crippen molar-refractivity contribution in [2.24, 2.45) is 23.7 Å². The minimum atomic E-state index is 0.821. The van der Waals surface area contributed by atoms with Crippen molar-refractivity contribution in [3.05, 3.63) is 0 Å². The molecule has 2 rings (SSSR count). The molecular formula is C13H25NO. The molecule has 2 aliphatic heterocycles. The van der Waals surface area contributed by atoms with Crippen LogP contribution >= 0.6 is 0 Å². The summed E-state index contributed by atoms with van der Waals surface area (Å²) < 4.78 is 5.64. The molecule has 3 unspecified atom stereocenters. The predicted octanol–water partition coefficient (Wildman–Crippen LogP) is 2.25. The third kappa shape index (κ3) is 2.54. The summed E-state index contributed by atoms with van der Waals surface area (Å²) in [5, 5.41) is 0. The van der Waals surface area contributed by atoms with Crippen molar-refractivity contribution in [3.63, 3.8) is 0 Å². The van der Waals surface area contributed by atoms with Gasteiger partial charge in [-0.1, -0.05) is 13.8 Å². The molecule has 2 nitrogen and oxygen atoms in total. The Morgan fingerprint density at radius 3 is 2.67 bits per heavy atom. The summed E-state index contributed by atoms with van der Waals surface area (Å²) >= 11 is 0.